The van der Waals surface area contributed by atoms with E-state index in [4.69, 9.17) is 0 Å². The number of likely N-dealkylation sites (N-methyl/N-ethyl adjacent to an activating group) is 1. The van der Waals surface area contributed by atoms with Crippen LogP contribution in [0, 0.1) is 0 Å². The number of carbonyl (C=O) groups excluding carboxylic acids is 3. The number of benzene rings is 3. The number of hydrogen-bond donors (Lipinski definition) is 1. The molecular weight excluding hydrogens is 494 g/mol. The highest BCUT2D eigenvalue weighted by molar-refractivity contribution is 9.10. The van der Waals surface area contributed by atoms with Gasteiger partial charge in [-0.05, 0) is 55.5 Å². The van der Waals surface area contributed by atoms with E-state index >= 15 is 0 Å². The van der Waals surface area contributed by atoms with Gasteiger partial charge in [-0.3, -0.25) is 14.4 Å². The predicted octanol–water partition coefficient (Wildman–Crippen LogP) is 4.90. The molecule has 176 valence electrons. The van der Waals surface area contributed by atoms with Crippen molar-refractivity contribution in [3.05, 3.63) is 76.3 Å². The fourth-order valence-electron chi connectivity index (χ4n) is 4.47. The topological polar surface area (TPSA) is 69.7 Å². The lowest BCUT2D eigenvalue weighted by molar-refractivity contribution is -0.140. The third kappa shape index (κ3) is 4.85. The van der Waals surface area contributed by atoms with Crippen LogP contribution in [0.2, 0.25) is 0 Å². The van der Waals surface area contributed by atoms with Crippen LogP contribution in [0.25, 0.3) is 10.8 Å². The maximum absolute atomic E-state index is 13.3. The third-order valence-corrected chi connectivity index (χ3v) is 6.67. The molecule has 1 N–H and O–H groups in total. The van der Waals surface area contributed by atoms with Gasteiger partial charge in [0.1, 0.15) is 6.04 Å². The Labute approximate surface area is 208 Å². The minimum atomic E-state index is -0.599. The van der Waals surface area contributed by atoms with Crippen LogP contribution in [-0.2, 0) is 16.1 Å². The van der Waals surface area contributed by atoms with Crippen molar-refractivity contribution < 1.29 is 14.4 Å². The number of halogens is 1. The molecular formula is C27H28BrN3O3. The molecule has 3 aromatic carbocycles. The maximum Gasteiger partial charge on any atom is 0.258 e. The van der Waals surface area contributed by atoms with Gasteiger partial charge in [-0.25, -0.2) is 0 Å². The number of carbonyl (C=O) groups is 3. The summed E-state index contributed by atoms with van der Waals surface area (Å²) in [5, 5.41) is 4.83. The van der Waals surface area contributed by atoms with E-state index in [1.807, 2.05) is 67.6 Å². The number of nitrogens with zero attached hydrogens (tertiary/aromatic N) is 2. The van der Waals surface area contributed by atoms with Crippen molar-refractivity contribution in [2.45, 2.75) is 39.3 Å². The average molecular weight is 522 g/mol. The number of nitrogens with one attached hydrogen (secondary N) is 1. The zero-order valence-electron chi connectivity index (χ0n) is 19.4. The van der Waals surface area contributed by atoms with Crippen LogP contribution in [0.15, 0.2) is 65.1 Å². The van der Waals surface area contributed by atoms with Gasteiger partial charge in [0, 0.05) is 41.5 Å². The minimum Gasteiger partial charge on any atom is -0.355 e. The Morgan fingerprint density at radius 1 is 1.09 bits per heavy atom. The summed E-state index contributed by atoms with van der Waals surface area (Å²) in [5.41, 5.74) is 2.54. The van der Waals surface area contributed by atoms with E-state index in [-0.39, 0.29) is 24.1 Å². The van der Waals surface area contributed by atoms with E-state index in [0.717, 1.165) is 26.5 Å². The molecule has 0 bridgehead atoms. The number of rotatable bonds is 9. The van der Waals surface area contributed by atoms with Crippen molar-refractivity contribution in [3.63, 3.8) is 0 Å². The van der Waals surface area contributed by atoms with E-state index in [0.29, 0.717) is 31.6 Å². The molecule has 34 heavy (non-hydrogen) atoms. The summed E-state index contributed by atoms with van der Waals surface area (Å²) in [7, 11) is 0. The molecule has 7 heteroatoms. The molecule has 1 atom stereocenters. The number of amides is 3. The Kier molecular flexibility index (Phi) is 7.32. The van der Waals surface area contributed by atoms with Crippen LogP contribution >= 0.6 is 15.9 Å². The first-order valence-electron chi connectivity index (χ1n) is 11.6. The van der Waals surface area contributed by atoms with Crippen LogP contribution < -0.4 is 10.2 Å². The van der Waals surface area contributed by atoms with Crippen LogP contribution in [0.1, 0.15) is 42.6 Å². The van der Waals surface area contributed by atoms with E-state index < -0.39 is 6.04 Å². The van der Waals surface area contributed by atoms with Crippen molar-refractivity contribution in [2.75, 3.05) is 18.0 Å². The molecule has 0 fully saturated rings. The lowest BCUT2D eigenvalue weighted by Gasteiger charge is -2.29. The zero-order chi connectivity index (χ0) is 24.2. The van der Waals surface area contributed by atoms with Gasteiger partial charge in [-0.15, -0.1) is 0 Å². The fraction of sp³-hybridized carbons (Fsp3) is 0.296. The van der Waals surface area contributed by atoms with Gasteiger partial charge >= 0.3 is 0 Å². The van der Waals surface area contributed by atoms with E-state index in [1.165, 1.54) is 0 Å². The summed E-state index contributed by atoms with van der Waals surface area (Å²) < 4.78 is 0.921. The first kappa shape index (κ1) is 24.0. The van der Waals surface area contributed by atoms with Crippen molar-refractivity contribution >= 4 is 50.1 Å². The zero-order valence-corrected chi connectivity index (χ0v) is 21.0. The number of anilines is 1. The van der Waals surface area contributed by atoms with Gasteiger partial charge in [-0.1, -0.05) is 52.3 Å². The smallest absolute Gasteiger partial charge is 0.258 e. The highest BCUT2D eigenvalue weighted by Gasteiger charge is 2.30. The Hall–Kier alpha value is -3.19. The van der Waals surface area contributed by atoms with Crippen molar-refractivity contribution in [1.82, 2.24) is 10.2 Å². The Balaban J connectivity index is 1.46. The molecule has 0 aliphatic carbocycles. The van der Waals surface area contributed by atoms with Crippen LogP contribution in [0.4, 0.5) is 5.69 Å². The lowest BCUT2D eigenvalue weighted by atomic mass is 10.1. The lowest BCUT2D eigenvalue weighted by Crippen LogP contribution is -2.47. The molecule has 6 nitrogen and oxygen atoms in total. The quantitative estimate of drug-likeness (QED) is 0.435. The second-order valence-electron chi connectivity index (χ2n) is 8.46. The predicted molar refractivity (Wildman–Crippen MR) is 138 cm³/mol. The van der Waals surface area contributed by atoms with Crippen molar-refractivity contribution in [3.8, 4) is 0 Å². The van der Waals surface area contributed by atoms with Gasteiger partial charge < -0.3 is 15.1 Å². The summed E-state index contributed by atoms with van der Waals surface area (Å²) in [6, 6.07) is 18.8. The Bertz CT molecular complexity index is 1240. The molecule has 0 unspecified atom stereocenters. The molecule has 1 aliphatic rings. The van der Waals surface area contributed by atoms with E-state index in [1.54, 1.807) is 16.7 Å². The highest BCUT2D eigenvalue weighted by Crippen LogP contribution is 2.37. The molecule has 0 radical (unpaired) electrons. The molecule has 1 aliphatic heterocycles. The standard InChI is InChI=1S/C27H28BrN3O3/c1-3-29-26(33)18(2)31(17-19-8-4-11-21(28)16-19)24(32)14-7-15-30-23-13-6-10-20-9-5-12-22(25(20)23)27(30)34/h4-6,8-13,16,18H,3,7,14-15,17H2,1-2H3,(H,29,33)/t18-/m0/s1. The molecule has 0 saturated heterocycles. The van der Waals surface area contributed by atoms with Crippen LogP contribution in [0.5, 0.6) is 0 Å². The summed E-state index contributed by atoms with van der Waals surface area (Å²) in [6.45, 7) is 4.90. The van der Waals surface area contributed by atoms with Gasteiger partial charge in [0.15, 0.2) is 0 Å². The second kappa shape index (κ2) is 10.4. The van der Waals surface area contributed by atoms with Gasteiger partial charge in [0.25, 0.3) is 5.91 Å². The maximum atomic E-state index is 13.3. The number of hydrogen-bond acceptors (Lipinski definition) is 3. The molecule has 1 heterocycles. The van der Waals surface area contributed by atoms with E-state index in [9.17, 15) is 14.4 Å². The van der Waals surface area contributed by atoms with Gasteiger partial charge in [0.05, 0.1) is 5.69 Å². The molecule has 0 spiro atoms. The first-order chi connectivity index (χ1) is 16.4. The Morgan fingerprint density at radius 3 is 2.56 bits per heavy atom. The summed E-state index contributed by atoms with van der Waals surface area (Å²) in [5.74, 6) is -0.315. The summed E-state index contributed by atoms with van der Waals surface area (Å²) >= 11 is 3.47. The Morgan fingerprint density at radius 2 is 1.82 bits per heavy atom. The largest absolute Gasteiger partial charge is 0.355 e. The summed E-state index contributed by atoms with van der Waals surface area (Å²) in [4.78, 5) is 42.2. The molecule has 0 saturated carbocycles. The minimum absolute atomic E-state index is 0.0269. The normalized spacial score (nSPS) is 13.3. The SMILES string of the molecule is CCNC(=O)[C@H](C)N(Cc1cccc(Br)c1)C(=O)CCCN1C(=O)c2cccc3cccc1c23. The average Bonchev–Trinajstić information content (AvgIpc) is 3.10. The van der Waals surface area contributed by atoms with Crippen molar-refractivity contribution in [1.29, 1.82) is 0 Å². The molecule has 4 rings (SSSR count). The first-order valence-corrected chi connectivity index (χ1v) is 12.3. The highest BCUT2D eigenvalue weighted by atomic mass is 79.9. The van der Waals surface area contributed by atoms with Crippen LogP contribution in [-0.4, -0.2) is 41.8 Å². The third-order valence-electron chi connectivity index (χ3n) is 6.18. The summed E-state index contributed by atoms with van der Waals surface area (Å²) in [6.07, 6.45) is 0.750. The van der Waals surface area contributed by atoms with Crippen molar-refractivity contribution in [2.24, 2.45) is 0 Å². The molecule has 3 aromatic rings. The van der Waals surface area contributed by atoms with E-state index in [2.05, 4.69) is 21.2 Å². The molecule has 0 aromatic heterocycles. The molecule has 3 amide bonds. The van der Waals surface area contributed by atoms with Gasteiger partial charge in [-0.2, -0.15) is 0 Å². The van der Waals surface area contributed by atoms with Crippen LogP contribution in [0.3, 0.4) is 0 Å². The monoisotopic (exact) mass is 521 g/mol. The van der Waals surface area contributed by atoms with Gasteiger partial charge in [0.2, 0.25) is 11.8 Å². The second-order valence-corrected chi connectivity index (χ2v) is 9.38. The fourth-order valence-corrected chi connectivity index (χ4v) is 4.92.